The van der Waals surface area contributed by atoms with Crippen LogP contribution in [0.5, 0.6) is 17.2 Å². The molecular weight excluding hydrogens is 442 g/mol. The standard InChI is InChI=1S/C26H26ClNO5/c27-20-11-12-25(33-18-23-10-5-13-30-23)24(17-20)28-26(29)19-6-4-9-22(16-19)32-15-14-31-21-7-2-1-3-8-21/h1-4,6-9,11-12,16-17,23H,5,10,13-15,18H2,(H,28,29)/t23-/m0/s1. The van der Waals surface area contributed by atoms with Gasteiger partial charge in [0.2, 0.25) is 0 Å². The fourth-order valence-electron chi connectivity index (χ4n) is 3.44. The van der Waals surface area contributed by atoms with Crippen molar-refractivity contribution < 1.29 is 23.7 Å². The Morgan fingerprint density at radius 2 is 1.73 bits per heavy atom. The first-order chi connectivity index (χ1) is 16.2. The van der Waals surface area contributed by atoms with Crippen LogP contribution in [0.4, 0.5) is 5.69 Å². The minimum Gasteiger partial charge on any atom is -0.490 e. The summed E-state index contributed by atoms with van der Waals surface area (Å²) < 4.78 is 22.9. The molecule has 1 N–H and O–H groups in total. The van der Waals surface area contributed by atoms with E-state index in [1.54, 1.807) is 42.5 Å². The van der Waals surface area contributed by atoms with Crippen molar-refractivity contribution in [1.82, 2.24) is 0 Å². The quantitative estimate of drug-likeness (QED) is 0.393. The van der Waals surface area contributed by atoms with Crippen molar-refractivity contribution in [2.75, 3.05) is 31.7 Å². The number of hydrogen-bond acceptors (Lipinski definition) is 5. The van der Waals surface area contributed by atoms with Gasteiger partial charge in [-0.25, -0.2) is 0 Å². The number of para-hydroxylation sites is 1. The smallest absolute Gasteiger partial charge is 0.255 e. The lowest BCUT2D eigenvalue weighted by Crippen LogP contribution is -2.18. The summed E-state index contributed by atoms with van der Waals surface area (Å²) in [6.45, 7) is 1.94. The van der Waals surface area contributed by atoms with Gasteiger partial charge >= 0.3 is 0 Å². The van der Waals surface area contributed by atoms with E-state index in [2.05, 4.69) is 5.32 Å². The summed E-state index contributed by atoms with van der Waals surface area (Å²) in [7, 11) is 0. The molecule has 1 heterocycles. The number of nitrogens with one attached hydrogen (secondary N) is 1. The van der Waals surface area contributed by atoms with Gasteiger partial charge < -0.3 is 24.3 Å². The van der Waals surface area contributed by atoms with Gasteiger partial charge in [0.1, 0.15) is 37.1 Å². The maximum atomic E-state index is 12.9. The van der Waals surface area contributed by atoms with E-state index in [9.17, 15) is 4.79 Å². The highest BCUT2D eigenvalue weighted by Gasteiger charge is 2.18. The van der Waals surface area contributed by atoms with Gasteiger partial charge in [-0.05, 0) is 61.4 Å². The van der Waals surface area contributed by atoms with Crippen LogP contribution in [0.25, 0.3) is 0 Å². The van der Waals surface area contributed by atoms with Gasteiger partial charge in [0.25, 0.3) is 5.91 Å². The molecule has 1 amide bonds. The van der Waals surface area contributed by atoms with E-state index in [0.717, 1.165) is 25.2 Å². The summed E-state index contributed by atoms with van der Waals surface area (Å²) in [5.41, 5.74) is 0.967. The largest absolute Gasteiger partial charge is 0.490 e. The first-order valence-electron chi connectivity index (χ1n) is 10.9. The number of carbonyl (C=O) groups excluding carboxylic acids is 1. The molecular formula is C26H26ClNO5. The molecule has 0 spiro atoms. The predicted molar refractivity (Wildman–Crippen MR) is 128 cm³/mol. The monoisotopic (exact) mass is 467 g/mol. The van der Waals surface area contributed by atoms with E-state index in [-0.39, 0.29) is 12.0 Å². The first kappa shape index (κ1) is 23.0. The third-order valence-electron chi connectivity index (χ3n) is 5.10. The third kappa shape index (κ3) is 6.88. The zero-order chi connectivity index (χ0) is 22.9. The number of benzene rings is 3. The number of carbonyl (C=O) groups is 1. The Bertz CT molecular complexity index is 1050. The lowest BCUT2D eigenvalue weighted by atomic mass is 10.2. The lowest BCUT2D eigenvalue weighted by molar-refractivity contribution is 0.0682. The normalized spacial score (nSPS) is 15.1. The molecule has 1 saturated heterocycles. The van der Waals surface area contributed by atoms with Gasteiger partial charge in [-0.1, -0.05) is 35.9 Å². The van der Waals surface area contributed by atoms with E-state index in [0.29, 0.717) is 47.6 Å². The molecule has 0 radical (unpaired) electrons. The Balaban J connectivity index is 1.33. The molecule has 4 rings (SSSR count). The zero-order valence-electron chi connectivity index (χ0n) is 18.2. The average molecular weight is 468 g/mol. The summed E-state index contributed by atoms with van der Waals surface area (Å²) in [5.74, 6) is 1.63. The number of ether oxygens (including phenoxy) is 4. The summed E-state index contributed by atoms with van der Waals surface area (Å²) in [5, 5.41) is 3.39. The van der Waals surface area contributed by atoms with Gasteiger partial charge in [0.05, 0.1) is 11.8 Å². The SMILES string of the molecule is O=C(Nc1cc(Cl)ccc1OC[C@@H]1CCCO1)c1cccc(OCCOc2ccccc2)c1. The molecule has 1 fully saturated rings. The topological polar surface area (TPSA) is 66.0 Å². The fraction of sp³-hybridized carbons (Fsp3) is 0.269. The van der Waals surface area contributed by atoms with E-state index in [1.807, 2.05) is 30.3 Å². The van der Waals surface area contributed by atoms with E-state index in [1.165, 1.54) is 0 Å². The zero-order valence-corrected chi connectivity index (χ0v) is 18.9. The van der Waals surface area contributed by atoms with Gasteiger partial charge in [-0.3, -0.25) is 4.79 Å². The molecule has 1 aliphatic rings. The van der Waals surface area contributed by atoms with Crippen molar-refractivity contribution in [1.29, 1.82) is 0 Å². The second-order valence-corrected chi connectivity index (χ2v) is 8.01. The predicted octanol–water partition coefficient (Wildman–Crippen LogP) is 5.61. The van der Waals surface area contributed by atoms with Crippen LogP contribution >= 0.6 is 11.6 Å². The van der Waals surface area contributed by atoms with Crippen molar-refractivity contribution >= 4 is 23.2 Å². The maximum Gasteiger partial charge on any atom is 0.255 e. The lowest BCUT2D eigenvalue weighted by Gasteiger charge is -2.16. The van der Waals surface area contributed by atoms with Crippen molar-refractivity contribution in [3.8, 4) is 17.2 Å². The van der Waals surface area contributed by atoms with Crippen molar-refractivity contribution in [3.63, 3.8) is 0 Å². The van der Waals surface area contributed by atoms with Crippen LogP contribution in [0, 0.1) is 0 Å². The third-order valence-corrected chi connectivity index (χ3v) is 5.33. The Kier molecular flexibility index (Phi) is 8.06. The van der Waals surface area contributed by atoms with Crippen LogP contribution in [0.2, 0.25) is 5.02 Å². The summed E-state index contributed by atoms with van der Waals surface area (Å²) in [6, 6.07) is 21.7. The Hall–Kier alpha value is -3.22. The molecule has 0 unspecified atom stereocenters. The van der Waals surface area contributed by atoms with Crippen LogP contribution in [0.1, 0.15) is 23.2 Å². The maximum absolute atomic E-state index is 12.9. The van der Waals surface area contributed by atoms with Gasteiger partial charge in [-0.15, -0.1) is 0 Å². The first-order valence-corrected chi connectivity index (χ1v) is 11.3. The van der Waals surface area contributed by atoms with Gasteiger partial charge in [0.15, 0.2) is 0 Å². The highest BCUT2D eigenvalue weighted by Crippen LogP contribution is 2.29. The summed E-state index contributed by atoms with van der Waals surface area (Å²) in [6.07, 6.45) is 2.08. The van der Waals surface area contributed by atoms with Crippen LogP contribution in [0.3, 0.4) is 0 Å². The number of amides is 1. The van der Waals surface area contributed by atoms with Crippen LogP contribution in [-0.2, 0) is 4.74 Å². The van der Waals surface area contributed by atoms with Gasteiger partial charge in [-0.2, -0.15) is 0 Å². The Labute approximate surface area is 198 Å². The molecule has 7 heteroatoms. The number of anilines is 1. The molecule has 3 aromatic rings. The van der Waals surface area contributed by atoms with E-state index >= 15 is 0 Å². The molecule has 172 valence electrons. The molecule has 33 heavy (non-hydrogen) atoms. The Morgan fingerprint density at radius 3 is 2.52 bits per heavy atom. The molecule has 0 bridgehead atoms. The highest BCUT2D eigenvalue weighted by molar-refractivity contribution is 6.31. The molecule has 0 aliphatic carbocycles. The van der Waals surface area contributed by atoms with E-state index in [4.69, 9.17) is 30.5 Å². The number of rotatable bonds is 10. The number of halogens is 1. The molecule has 0 saturated carbocycles. The van der Waals surface area contributed by atoms with Crippen molar-refractivity contribution in [2.45, 2.75) is 18.9 Å². The van der Waals surface area contributed by atoms with Crippen LogP contribution in [-0.4, -0.2) is 38.4 Å². The molecule has 6 nitrogen and oxygen atoms in total. The van der Waals surface area contributed by atoms with Gasteiger partial charge in [0, 0.05) is 17.2 Å². The highest BCUT2D eigenvalue weighted by atomic mass is 35.5. The Morgan fingerprint density at radius 1 is 0.939 bits per heavy atom. The molecule has 0 aromatic heterocycles. The second-order valence-electron chi connectivity index (χ2n) is 7.58. The fourth-order valence-corrected chi connectivity index (χ4v) is 3.61. The van der Waals surface area contributed by atoms with E-state index < -0.39 is 0 Å². The van der Waals surface area contributed by atoms with Crippen LogP contribution in [0.15, 0.2) is 72.8 Å². The summed E-state index contributed by atoms with van der Waals surface area (Å²) >= 11 is 6.15. The van der Waals surface area contributed by atoms with Crippen LogP contribution < -0.4 is 19.5 Å². The van der Waals surface area contributed by atoms with Crippen molar-refractivity contribution in [2.24, 2.45) is 0 Å². The molecule has 3 aromatic carbocycles. The minimum absolute atomic E-state index is 0.0731. The molecule has 1 aliphatic heterocycles. The van der Waals surface area contributed by atoms with Crippen molar-refractivity contribution in [3.05, 3.63) is 83.4 Å². The number of hydrogen-bond donors (Lipinski definition) is 1. The summed E-state index contributed by atoms with van der Waals surface area (Å²) in [4.78, 5) is 12.9. The average Bonchev–Trinajstić information content (AvgIpc) is 3.36. The molecule has 1 atom stereocenters. The minimum atomic E-state index is -0.287. The second kappa shape index (κ2) is 11.6.